The third-order valence-electron chi connectivity index (χ3n) is 7.18. The van der Waals surface area contributed by atoms with Crippen LogP contribution in [0.15, 0.2) is 41.1 Å². The third kappa shape index (κ3) is 3.40. The van der Waals surface area contributed by atoms with E-state index >= 15 is 0 Å². The highest BCUT2D eigenvalue weighted by Crippen LogP contribution is 2.35. The number of carbonyl (C=O) groups excluding carboxylic acids is 1. The molecular weight excluding hydrogens is 430 g/mol. The largest absolute Gasteiger partial charge is 0.436 e. The second kappa shape index (κ2) is 7.50. The van der Waals surface area contributed by atoms with E-state index in [1.165, 1.54) is 0 Å². The van der Waals surface area contributed by atoms with Crippen LogP contribution in [0.3, 0.4) is 0 Å². The number of fused-ring (bicyclic) bond motifs is 4. The van der Waals surface area contributed by atoms with E-state index in [0.717, 1.165) is 77.6 Å². The maximum Gasteiger partial charge on any atom is 0.229 e. The van der Waals surface area contributed by atoms with Gasteiger partial charge in [0, 0.05) is 53.6 Å². The van der Waals surface area contributed by atoms with Gasteiger partial charge in [-0.3, -0.25) is 9.78 Å². The van der Waals surface area contributed by atoms with Crippen LogP contribution >= 0.6 is 0 Å². The van der Waals surface area contributed by atoms with Crippen LogP contribution in [0.2, 0.25) is 0 Å². The van der Waals surface area contributed by atoms with Gasteiger partial charge in [-0.15, -0.1) is 0 Å². The van der Waals surface area contributed by atoms with Gasteiger partial charge in [-0.1, -0.05) is 0 Å². The molecule has 172 valence electrons. The first-order chi connectivity index (χ1) is 16.6. The minimum Gasteiger partial charge on any atom is -0.436 e. The lowest BCUT2D eigenvalue weighted by Gasteiger charge is -2.33. The number of pyridine rings is 2. The number of oxazole rings is 1. The van der Waals surface area contributed by atoms with Crippen molar-refractivity contribution in [3.8, 4) is 11.5 Å². The normalized spacial score (nSPS) is 22.0. The molecule has 1 aromatic carbocycles. The van der Waals surface area contributed by atoms with Gasteiger partial charge in [0.1, 0.15) is 11.3 Å². The van der Waals surface area contributed by atoms with Crippen LogP contribution in [0.5, 0.6) is 0 Å². The molecule has 5 heterocycles. The summed E-state index contributed by atoms with van der Waals surface area (Å²) in [6, 6.07) is 8.08. The monoisotopic (exact) mass is 455 g/mol. The van der Waals surface area contributed by atoms with E-state index in [1.54, 1.807) is 12.4 Å². The van der Waals surface area contributed by atoms with E-state index in [0.29, 0.717) is 23.9 Å². The maximum atomic E-state index is 12.3. The lowest BCUT2D eigenvalue weighted by atomic mass is 10.1. The number of rotatable bonds is 4. The summed E-state index contributed by atoms with van der Waals surface area (Å²) in [4.78, 5) is 28.5. The summed E-state index contributed by atoms with van der Waals surface area (Å²) < 4.78 is 12.2. The van der Waals surface area contributed by atoms with Crippen molar-refractivity contribution >= 4 is 39.3 Å². The molecule has 0 radical (unpaired) electrons. The summed E-state index contributed by atoms with van der Waals surface area (Å²) >= 11 is 0. The van der Waals surface area contributed by atoms with Gasteiger partial charge in [-0.25, -0.2) is 9.97 Å². The van der Waals surface area contributed by atoms with E-state index in [9.17, 15) is 4.79 Å². The highest BCUT2D eigenvalue weighted by molar-refractivity contribution is 6.00. The molecule has 4 aromatic rings. The van der Waals surface area contributed by atoms with Crippen molar-refractivity contribution in [1.29, 1.82) is 0 Å². The molecule has 1 amide bonds. The molecule has 2 saturated heterocycles. The minimum atomic E-state index is 0.0325. The highest BCUT2D eigenvalue weighted by Gasteiger charge is 2.34. The van der Waals surface area contributed by atoms with Gasteiger partial charge >= 0.3 is 0 Å². The number of nitrogens with zero attached hydrogens (tertiary/aromatic N) is 4. The van der Waals surface area contributed by atoms with Crippen molar-refractivity contribution in [1.82, 2.24) is 15.0 Å². The number of hydrogen-bond acceptors (Lipinski definition) is 7. The molecule has 3 fully saturated rings. The minimum absolute atomic E-state index is 0.0325. The first-order valence-corrected chi connectivity index (χ1v) is 12.0. The molecule has 8 nitrogen and oxygen atoms in total. The zero-order chi connectivity index (χ0) is 22.8. The number of anilines is 2. The van der Waals surface area contributed by atoms with E-state index in [2.05, 4.69) is 32.3 Å². The van der Waals surface area contributed by atoms with Crippen LogP contribution in [0.25, 0.3) is 33.3 Å². The Morgan fingerprint density at radius 1 is 1.03 bits per heavy atom. The van der Waals surface area contributed by atoms with E-state index in [4.69, 9.17) is 14.1 Å². The van der Waals surface area contributed by atoms with Crippen LogP contribution in [0.1, 0.15) is 31.4 Å². The second-order valence-electron chi connectivity index (χ2n) is 9.67. The first kappa shape index (κ1) is 19.9. The summed E-state index contributed by atoms with van der Waals surface area (Å²) in [6.45, 7) is 3.78. The lowest BCUT2D eigenvalue weighted by Crippen LogP contribution is -2.42. The summed E-state index contributed by atoms with van der Waals surface area (Å²) in [6.07, 6.45) is 8.39. The molecule has 1 N–H and O–H groups in total. The Hall–Kier alpha value is -3.52. The Kier molecular flexibility index (Phi) is 4.39. The van der Waals surface area contributed by atoms with Crippen molar-refractivity contribution in [2.24, 2.45) is 5.92 Å². The smallest absolute Gasteiger partial charge is 0.229 e. The number of benzene rings is 1. The van der Waals surface area contributed by atoms with E-state index < -0.39 is 0 Å². The number of ether oxygens (including phenoxy) is 1. The molecule has 1 aliphatic carbocycles. The topological polar surface area (TPSA) is 93.4 Å². The number of hydrogen-bond donors (Lipinski definition) is 1. The van der Waals surface area contributed by atoms with Crippen LogP contribution in [0.4, 0.5) is 11.5 Å². The van der Waals surface area contributed by atoms with Crippen molar-refractivity contribution in [2.45, 2.75) is 44.8 Å². The Balaban J connectivity index is 1.26. The fraction of sp³-hybridized carbons (Fsp3) is 0.385. The van der Waals surface area contributed by atoms with E-state index in [-0.39, 0.29) is 11.8 Å². The fourth-order valence-electron chi connectivity index (χ4n) is 5.13. The molecule has 2 unspecified atom stereocenters. The Morgan fingerprint density at radius 2 is 1.85 bits per heavy atom. The predicted molar refractivity (Wildman–Crippen MR) is 129 cm³/mol. The van der Waals surface area contributed by atoms with Crippen LogP contribution in [-0.4, -0.2) is 46.2 Å². The molecule has 2 bridgehead atoms. The summed E-state index contributed by atoms with van der Waals surface area (Å²) in [7, 11) is 0. The van der Waals surface area contributed by atoms with Gasteiger partial charge in [0.05, 0.1) is 17.8 Å². The van der Waals surface area contributed by atoms with Crippen molar-refractivity contribution in [3.63, 3.8) is 0 Å². The summed E-state index contributed by atoms with van der Waals surface area (Å²) in [5.41, 5.74) is 4.35. The zero-order valence-electron chi connectivity index (χ0n) is 19.0. The SMILES string of the molecule is Cc1ncc(-c2nc3cc(N4CC5CCC(C4)O5)ccc3o2)c2cc(NC(=O)C3CC3)ncc12. The average molecular weight is 456 g/mol. The van der Waals surface area contributed by atoms with Crippen molar-refractivity contribution in [2.75, 3.05) is 23.3 Å². The van der Waals surface area contributed by atoms with Crippen LogP contribution in [0, 0.1) is 12.8 Å². The molecular formula is C26H25N5O3. The number of aromatic nitrogens is 3. The van der Waals surface area contributed by atoms with E-state index in [1.807, 2.05) is 19.1 Å². The van der Waals surface area contributed by atoms with Gasteiger partial charge in [0.15, 0.2) is 5.58 Å². The summed E-state index contributed by atoms with van der Waals surface area (Å²) in [5.74, 6) is 1.20. The molecule has 3 aliphatic rings. The second-order valence-corrected chi connectivity index (χ2v) is 9.67. The molecule has 2 aliphatic heterocycles. The molecule has 2 atom stereocenters. The van der Waals surface area contributed by atoms with Gasteiger partial charge < -0.3 is 19.4 Å². The van der Waals surface area contributed by atoms with Gasteiger partial charge in [0.25, 0.3) is 0 Å². The van der Waals surface area contributed by atoms with Gasteiger partial charge in [0.2, 0.25) is 11.8 Å². The number of nitrogens with one attached hydrogen (secondary N) is 1. The average Bonchev–Trinajstić information content (AvgIpc) is 3.53. The third-order valence-corrected chi connectivity index (χ3v) is 7.18. The predicted octanol–water partition coefficient (Wildman–Crippen LogP) is 4.46. The molecule has 0 spiro atoms. The first-order valence-electron chi connectivity index (χ1n) is 12.0. The van der Waals surface area contributed by atoms with Crippen LogP contribution in [-0.2, 0) is 9.53 Å². The van der Waals surface area contributed by atoms with Gasteiger partial charge in [-0.2, -0.15) is 0 Å². The quantitative estimate of drug-likeness (QED) is 0.485. The van der Waals surface area contributed by atoms with Crippen molar-refractivity contribution < 1.29 is 13.9 Å². The van der Waals surface area contributed by atoms with Crippen LogP contribution < -0.4 is 10.2 Å². The number of aryl methyl sites for hydroxylation is 1. The molecule has 1 saturated carbocycles. The lowest BCUT2D eigenvalue weighted by molar-refractivity contribution is -0.117. The molecule has 3 aromatic heterocycles. The Bertz CT molecular complexity index is 1430. The number of carbonyl (C=O) groups is 1. The Morgan fingerprint density at radius 3 is 2.65 bits per heavy atom. The Labute approximate surface area is 196 Å². The van der Waals surface area contributed by atoms with Crippen molar-refractivity contribution in [3.05, 3.63) is 42.4 Å². The standard InChI is InChI=1S/C26H25N5O3/c1-14-20-10-28-24(30-25(32)15-2-3-15)9-19(20)21(11-27-14)26-29-22-8-16(4-7-23(22)34-26)31-12-17-5-6-18(13-31)33-17/h4,7-11,15,17-18H,2-3,5-6,12-13H2,1H3,(H,28,30,32). The molecule has 34 heavy (non-hydrogen) atoms. The number of amides is 1. The highest BCUT2D eigenvalue weighted by atomic mass is 16.5. The fourth-order valence-corrected chi connectivity index (χ4v) is 5.13. The zero-order valence-corrected chi connectivity index (χ0v) is 19.0. The van der Waals surface area contributed by atoms with Gasteiger partial charge in [-0.05, 0) is 56.9 Å². The molecule has 7 rings (SSSR count). The maximum absolute atomic E-state index is 12.3. The number of morpholine rings is 1. The summed E-state index contributed by atoms with van der Waals surface area (Å²) in [5, 5.41) is 4.76. The molecule has 8 heteroatoms.